The van der Waals surface area contributed by atoms with Crippen LogP contribution in [0.25, 0.3) is 0 Å². The largest absolute Gasteiger partial charge is 0.376 e. The van der Waals surface area contributed by atoms with Crippen molar-refractivity contribution < 1.29 is 9.53 Å². The van der Waals surface area contributed by atoms with Crippen molar-refractivity contribution in [2.45, 2.75) is 57.7 Å². The molecule has 4 heteroatoms. The van der Waals surface area contributed by atoms with Crippen molar-refractivity contribution in [3.63, 3.8) is 0 Å². The number of hydrogen-bond acceptors (Lipinski definition) is 3. The lowest BCUT2D eigenvalue weighted by Gasteiger charge is -2.45. The summed E-state index contributed by atoms with van der Waals surface area (Å²) in [6, 6.07) is 0.0124. The second-order valence-electron chi connectivity index (χ2n) is 5.36. The molecule has 2 saturated heterocycles. The molecule has 0 aliphatic carbocycles. The van der Waals surface area contributed by atoms with Crippen molar-refractivity contribution in [3.05, 3.63) is 0 Å². The van der Waals surface area contributed by atoms with Gasteiger partial charge in [0, 0.05) is 13.2 Å². The Hall–Kier alpha value is -0.610. The zero-order valence-electron chi connectivity index (χ0n) is 11.2. The van der Waals surface area contributed by atoms with E-state index in [0.717, 1.165) is 39.0 Å². The Labute approximate surface area is 104 Å². The van der Waals surface area contributed by atoms with Crippen LogP contribution in [0.15, 0.2) is 0 Å². The van der Waals surface area contributed by atoms with Gasteiger partial charge < -0.3 is 15.0 Å². The minimum atomic E-state index is -0.106. The Balaban J connectivity index is 2.12. The normalized spacial score (nSPS) is 38.8. The summed E-state index contributed by atoms with van der Waals surface area (Å²) >= 11 is 0. The number of carbonyl (C=O) groups is 1. The van der Waals surface area contributed by atoms with Crippen molar-refractivity contribution >= 4 is 5.91 Å². The quantitative estimate of drug-likeness (QED) is 0.804. The first-order valence-corrected chi connectivity index (χ1v) is 6.76. The average Bonchev–Trinajstić information content (AvgIpc) is 2.63. The Bertz CT molecular complexity index is 293. The molecule has 0 aromatic carbocycles. The molecule has 17 heavy (non-hydrogen) atoms. The number of piperidine rings is 1. The predicted molar refractivity (Wildman–Crippen MR) is 66.8 cm³/mol. The predicted octanol–water partition coefficient (Wildman–Crippen LogP) is 1.15. The van der Waals surface area contributed by atoms with Gasteiger partial charge in [-0.05, 0) is 39.7 Å². The molecule has 1 N–H and O–H groups in total. The maximum absolute atomic E-state index is 12.5. The van der Waals surface area contributed by atoms with E-state index >= 15 is 0 Å². The third kappa shape index (κ3) is 2.20. The molecule has 0 spiro atoms. The fraction of sp³-hybridized carbons (Fsp3) is 0.923. The van der Waals surface area contributed by atoms with Crippen LogP contribution in [0.4, 0.5) is 0 Å². The highest BCUT2D eigenvalue weighted by atomic mass is 16.5. The number of rotatable bonds is 3. The monoisotopic (exact) mass is 240 g/mol. The van der Waals surface area contributed by atoms with Gasteiger partial charge in [-0.2, -0.15) is 0 Å². The molecule has 4 nitrogen and oxygen atoms in total. The van der Waals surface area contributed by atoms with Gasteiger partial charge in [0.1, 0.15) is 0 Å². The van der Waals surface area contributed by atoms with Crippen LogP contribution < -0.4 is 5.32 Å². The van der Waals surface area contributed by atoms with E-state index in [1.54, 1.807) is 0 Å². The van der Waals surface area contributed by atoms with Crippen LogP contribution in [-0.4, -0.2) is 48.2 Å². The standard InChI is InChI=1S/C13H24N2O2/c1-4-14-11-6-5-8-15(12(11)16)13(3)7-9-17-10(13)2/h10-11,14H,4-9H2,1-3H3. The molecule has 0 radical (unpaired) electrons. The number of ether oxygens (including phenoxy) is 1. The molecule has 0 bridgehead atoms. The maximum atomic E-state index is 12.5. The molecule has 2 rings (SSSR count). The number of amides is 1. The van der Waals surface area contributed by atoms with Gasteiger partial charge in [-0.3, -0.25) is 4.79 Å². The summed E-state index contributed by atoms with van der Waals surface area (Å²) in [5, 5.41) is 3.29. The summed E-state index contributed by atoms with van der Waals surface area (Å²) in [5.74, 6) is 0.262. The number of likely N-dealkylation sites (tertiary alicyclic amines) is 1. The van der Waals surface area contributed by atoms with E-state index in [-0.39, 0.29) is 23.6 Å². The van der Waals surface area contributed by atoms with Gasteiger partial charge >= 0.3 is 0 Å². The number of likely N-dealkylation sites (N-methyl/N-ethyl adjacent to an activating group) is 1. The van der Waals surface area contributed by atoms with Crippen LogP contribution in [0.3, 0.4) is 0 Å². The zero-order valence-corrected chi connectivity index (χ0v) is 11.2. The Kier molecular flexibility index (Phi) is 3.73. The summed E-state index contributed by atoms with van der Waals surface area (Å²) < 4.78 is 5.65. The zero-order chi connectivity index (χ0) is 12.5. The van der Waals surface area contributed by atoms with Crippen LogP contribution in [-0.2, 0) is 9.53 Å². The van der Waals surface area contributed by atoms with Gasteiger partial charge in [0.05, 0.1) is 17.7 Å². The molecule has 3 unspecified atom stereocenters. The molecular weight excluding hydrogens is 216 g/mol. The highest BCUT2D eigenvalue weighted by molar-refractivity contribution is 5.83. The first-order valence-electron chi connectivity index (χ1n) is 6.76. The van der Waals surface area contributed by atoms with E-state index in [0.29, 0.717) is 0 Å². The molecule has 0 aromatic heterocycles. The highest BCUT2D eigenvalue weighted by Crippen LogP contribution is 2.34. The van der Waals surface area contributed by atoms with Crippen LogP contribution in [0.1, 0.15) is 40.0 Å². The van der Waals surface area contributed by atoms with E-state index in [4.69, 9.17) is 4.74 Å². The first kappa shape index (κ1) is 12.8. The lowest BCUT2D eigenvalue weighted by Crippen LogP contribution is -2.61. The summed E-state index contributed by atoms with van der Waals surface area (Å²) in [4.78, 5) is 14.5. The van der Waals surface area contributed by atoms with Crippen LogP contribution in [0, 0.1) is 0 Å². The SMILES string of the molecule is CCNC1CCCN(C2(C)CCOC2C)C1=O. The number of hydrogen-bond donors (Lipinski definition) is 1. The van der Waals surface area contributed by atoms with Crippen molar-refractivity contribution in [1.82, 2.24) is 10.2 Å². The molecule has 3 atom stereocenters. The fourth-order valence-electron chi connectivity index (χ4n) is 3.00. The summed E-state index contributed by atoms with van der Waals surface area (Å²) in [6.45, 7) is 8.80. The van der Waals surface area contributed by atoms with Crippen LogP contribution in [0.5, 0.6) is 0 Å². The molecule has 2 fully saturated rings. The molecule has 2 heterocycles. The second kappa shape index (κ2) is 4.94. The molecular formula is C13H24N2O2. The Morgan fingerprint density at radius 1 is 1.59 bits per heavy atom. The van der Waals surface area contributed by atoms with Gasteiger partial charge in [-0.25, -0.2) is 0 Å². The Morgan fingerprint density at radius 2 is 2.35 bits per heavy atom. The Morgan fingerprint density at radius 3 is 2.94 bits per heavy atom. The molecule has 2 aliphatic heterocycles. The molecule has 0 aromatic rings. The summed E-state index contributed by atoms with van der Waals surface area (Å²) in [7, 11) is 0. The molecule has 2 aliphatic rings. The third-order valence-corrected chi connectivity index (χ3v) is 4.36. The lowest BCUT2D eigenvalue weighted by molar-refractivity contribution is -0.144. The first-order chi connectivity index (χ1) is 8.09. The van der Waals surface area contributed by atoms with Gasteiger partial charge in [-0.1, -0.05) is 6.92 Å². The average molecular weight is 240 g/mol. The van der Waals surface area contributed by atoms with Crippen molar-refractivity contribution in [3.8, 4) is 0 Å². The fourth-order valence-corrected chi connectivity index (χ4v) is 3.00. The topological polar surface area (TPSA) is 41.6 Å². The van der Waals surface area contributed by atoms with Gasteiger partial charge in [0.25, 0.3) is 0 Å². The van der Waals surface area contributed by atoms with Crippen molar-refractivity contribution in [2.24, 2.45) is 0 Å². The van der Waals surface area contributed by atoms with Crippen LogP contribution >= 0.6 is 0 Å². The highest BCUT2D eigenvalue weighted by Gasteiger charge is 2.46. The number of nitrogens with one attached hydrogen (secondary N) is 1. The van der Waals surface area contributed by atoms with E-state index in [2.05, 4.69) is 31.0 Å². The van der Waals surface area contributed by atoms with Crippen molar-refractivity contribution in [2.75, 3.05) is 19.7 Å². The maximum Gasteiger partial charge on any atom is 0.240 e. The molecule has 0 saturated carbocycles. The summed E-state index contributed by atoms with van der Waals surface area (Å²) in [5.41, 5.74) is -0.106. The second-order valence-corrected chi connectivity index (χ2v) is 5.36. The molecule has 98 valence electrons. The smallest absolute Gasteiger partial charge is 0.240 e. The minimum Gasteiger partial charge on any atom is -0.376 e. The minimum absolute atomic E-state index is 0.0124. The van der Waals surface area contributed by atoms with E-state index in [1.165, 1.54) is 0 Å². The van der Waals surface area contributed by atoms with E-state index < -0.39 is 0 Å². The van der Waals surface area contributed by atoms with Gasteiger partial charge in [-0.15, -0.1) is 0 Å². The van der Waals surface area contributed by atoms with E-state index in [9.17, 15) is 4.79 Å². The summed E-state index contributed by atoms with van der Waals surface area (Å²) in [6.07, 6.45) is 3.16. The van der Waals surface area contributed by atoms with Gasteiger partial charge in [0.2, 0.25) is 5.91 Å². The number of nitrogens with zero attached hydrogens (tertiary/aromatic N) is 1. The third-order valence-electron chi connectivity index (χ3n) is 4.36. The van der Waals surface area contributed by atoms with Crippen molar-refractivity contribution in [1.29, 1.82) is 0 Å². The lowest BCUT2D eigenvalue weighted by atomic mass is 9.88. The number of carbonyl (C=O) groups excluding carboxylic acids is 1. The van der Waals surface area contributed by atoms with Gasteiger partial charge in [0.15, 0.2) is 0 Å². The van der Waals surface area contributed by atoms with Crippen LogP contribution in [0.2, 0.25) is 0 Å². The molecule has 1 amide bonds. The van der Waals surface area contributed by atoms with E-state index in [1.807, 2.05) is 0 Å².